The highest BCUT2D eigenvalue weighted by molar-refractivity contribution is 7.11. The molecule has 2 N–H and O–H groups in total. The number of aromatic nitrogens is 2. The minimum Gasteiger partial charge on any atom is -0.354 e. The van der Waals surface area contributed by atoms with Gasteiger partial charge in [-0.25, -0.2) is 4.98 Å². The highest BCUT2D eigenvalue weighted by Crippen LogP contribution is 2.16. The van der Waals surface area contributed by atoms with Crippen LogP contribution < -0.4 is 10.6 Å². The fourth-order valence-corrected chi connectivity index (χ4v) is 4.01. The van der Waals surface area contributed by atoms with Crippen LogP contribution in [0.1, 0.15) is 27.8 Å². The molecule has 142 valence electrons. The van der Waals surface area contributed by atoms with E-state index in [-0.39, 0.29) is 0 Å². The second kappa shape index (κ2) is 9.37. The number of guanidine groups is 1. The third-order valence-electron chi connectivity index (χ3n) is 4.29. The molecule has 0 bridgehead atoms. The molecule has 2 aromatic heterocycles. The van der Waals surface area contributed by atoms with Gasteiger partial charge in [0, 0.05) is 54.7 Å². The van der Waals surface area contributed by atoms with Crippen molar-refractivity contribution in [1.82, 2.24) is 20.2 Å². The Bertz CT molecular complexity index is 866. The van der Waals surface area contributed by atoms with Gasteiger partial charge >= 0.3 is 0 Å². The maximum absolute atomic E-state index is 4.36. The van der Waals surface area contributed by atoms with Crippen LogP contribution in [0.3, 0.4) is 0 Å². The fourth-order valence-electron chi connectivity index (χ4n) is 2.99. The van der Waals surface area contributed by atoms with Crippen molar-refractivity contribution in [2.24, 2.45) is 4.99 Å². The van der Waals surface area contributed by atoms with Crippen LogP contribution in [0.15, 0.2) is 60.1 Å². The highest BCUT2D eigenvalue weighted by Gasteiger charge is 2.08. The van der Waals surface area contributed by atoms with Gasteiger partial charge < -0.3 is 15.2 Å². The molecule has 0 radical (unpaired) electrons. The first-order valence-electron chi connectivity index (χ1n) is 9.18. The maximum Gasteiger partial charge on any atom is 0.191 e. The van der Waals surface area contributed by atoms with Crippen molar-refractivity contribution in [2.45, 2.75) is 39.4 Å². The molecule has 3 aromatic rings. The van der Waals surface area contributed by atoms with Crippen molar-refractivity contribution in [3.05, 3.63) is 76.0 Å². The first-order valence-corrected chi connectivity index (χ1v) is 10.00. The van der Waals surface area contributed by atoms with E-state index in [4.69, 9.17) is 0 Å². The number of hydrogen-bond acceptors (Lipinski definition) is 3. The van der Waals surface area contributed by atoms with Crippen molar-refractivity contribution in [3.63, 3.8) is 0 Å². The Hall–Kier alpha value is -2.60. The molecule has 6 heteroatoms. The van der Waals surface area contributed by atoms with Crippen molar-refractivity contribution in [2.75, 3.05) is 7.05 Å². The number of aliphatic imine (C=N–C) groups is 1. The largest absolute Gasteiger partial charge is 0.354 e. The summed E-state index contributed by atoms with van der Waals surface area (Å²) in [5.74, 6) is 0.829. The lowest BCUT2D eigenvalue weighted by atomic mass is 10.1. The van der Waals surface area contributed by atoms with Gasteiger partial charge in [-0.05, 0) is 37.1 Å². The SMILES string of the molecule is CN=C(NCc1cccc(Cn2ccnc2)c1)NC(C)Cc1ccc(C)s1. The zero-order valence-corrected chi connectivity index (χ0v) is 17.0. The van der Waals surface area contributed by atoms with Crippen molar-refractivity contribution in [1.29, 1.82) is 0 Å². The van der Waals surface area contributed by atoms with Gasteiger partial charge in [0.25, 0.3) is 0 Å². The number of aryl methyl sites for hydroxylation is 1. The number of nitrogens with zero attached hydrogens (tertiary/aromatic N) is 3. The summed E-state index contributed by atoms with van der Waals surface area (Å²) in [5, 5.41) is 6.90. The number of thiophene rings is 1. The van der Waals surface area contributed by atoms with Crippen LogP contribution >= 0.6 is 11.3 Å². The molecule has 0 saturated heterocycles. The summed E-state index contributed by atoms with van der Waals surface area (Å²) in [5.41, 5.74) is 2.49. The van der Waals surface area contributed by atoms with Crippen LogP contribution in [-0.2, 0) is 19.5 Å². The summed E-state index contributed by atoms with van der Waals surface area (Å²) in [6.07, 6.45) is 6.62. The third-order valence-corrected chi connectivity index (χ3v) is 5.31. The van der Waals surface area contributed by atoms with Gasteiger partial charge in [-0.2, -0.15) is 0 Å². The van der Waals surface area contributed by atoms with Crippen LogP contribution in [0.4, 0.5) is 0 Å². The monoisotopic (exact) mass is 381 g/mol. The number of nitrogens with one attached hydrogen (secondary N) is 2. The fraction of sp³-hybridized carbons (Fsp3) is 0.333. The molecular weight excluding hydrogens is 354 g/mol. The molecule has 0 amide bonds. The molecule has 0 saturated carbocycles. The van der Waals surface area contributed by atoms with Gasteiger partial charge in [-0.3, -0.25) is 4.99 Å². The van der Waals surface area contributed by atoms with Gasteiger partial charge in [0.1, 0.15) is 0 Å². The third kappa shape index (κ3) is 5.96. The van der Waals surface area contributed by atoms with E-state index in [1.807, 2.05) is 30.9 Å². The van der Waals surface area contributed by atoms with Crippen LogP contribution in [0.25, 0.3) is 0 Å². The van der Waals surface area contributed by atoms with Crippen LogP contribution in [-0.4, -0.2) is 28.6 Å². The Morgan fingerprint density at radius 1 is 1.26 bits per heavy atom. The van der Waals surface area contributed by atoms with Gasteiger partial charge in [-0.1, -0.05) is 24.3 Å². The van der Waals surface area contributed by atoms with Gasteiger partial charge in [0.05, 0.1) is 6.33 Å². The van der Waals surface area contributed by atoms with Gasteiger partial charge in [0.15, 0.2) is 5.96 Å². The molecule has 0 spiro atoms. The molecule has 0 aliphatic carbocycles. The Morgan fingerprint density at radius 3 is 2.81 bits per heavy atom. The lowest BCUT2D eigenvalue weighted by molar-refractivity contribution is 0.645. The Labute approximate surface area is 165 Å². The summed E-state index contributed by atoms with van der Waals surface area (Å²) < 4.78 is 2.07. The highest BCUT2D eigenvalue weighted by atomic mass is 32.1. The summed E-state index contributed by atoms with van der Waals surface area (Å²) >= 11 is 1.86. The number of rotatable bonds is 7. The van der Waals surface area contributed by atoms with E-state index < -0.39 is 0 Å². The molecule has 1 aromatic carbocycles. The first kappa shape index (κ1) is 19.2. The topological polar surface area (TPSA) is 54.2 Å². The number of imidazole rings is 1. The number of benzene rings is 1. The second-order valence-corrected chi connectivity index (χ2v) is 8.12. The molecule has 2 heterocycles. The number of hydrogen-bond donors (Lipinski definition) is 2. The second-order valence-electron chi connectivity index (χ2n) is 6.74. The average Bonchev–Trinajstić information content (AvgIpc) is 3.30. The van der Waals surface area contributed by atoms with E-state index >= 15 is 0 Å². The normalized spacial score (nSPS) is 12.8. The summed E-state index contributed by atoms with van der Waals surface area (Å²) in [7, 11) is 1.81. The summed E-state index contributed by atoms with van der Waals surface area (Å²) in [6, 6.07) is 13.3. The first-order chi connectivity index (χ1) is 13.1. The molecule has 1 unspecified atom stereocenters. The lowest BCUT2D eigenvalue weighted by Crippen LogP contribution is -2.42. The Morgan fingerprint density at radius 2 is 2.11 bits per heavy atom. The van der Waals surface area contributed by atoms with E-state index in [2.05, 4.69) is 75.4 Å². The predicted molar refractivity (Wildman–Crippen MR) is 113 cm³/mol. The maximum atomic E-state index is 4.36. The quantitative estimate of drug-likeness (QED) is 0.486. The van der Waals surface area contributed by atoms with Crippen molar-refractivity contribution < 1.29 is 0 Å². The van der Waals surface area contributed by atoms with Crippen molar-refractivity contribution in [3.8, 4) is 0 Å². The minimum absolute atomic E-state index is 0.321. The van der Waals surface area contributed by atoms with Crippen LogP contribution in [0, 0.1) is 6.92 Å². The molecular formula is C21H27N5S. The zero-order valence-electron chi connectivity index (χ0n) is 16.1. The average molecular weight is 382 g/mol. The van der Waals surface area contributed by atoms with E-state index in [1.54, 1.807) is 6.20 Å². The molecule has 0 aliphatic rings. The Kier molecular flexibility index (Phi) is 6.65. The molecule has 0 fully saturated rings. The summed E-state index contributed by atoms with van der Waals surface area (Å²) in [6.45, 7) is 5.90. The molecule has 5 nitrogen and oxygen atoms in total. The molecule has 0 aliphatic heterocycles. The van der Waals surface area contributed by atoms with E-state index in [9.17, 15) is 0 Å². The van der Waals surface area contributed by atoms with Crippen LogP contribution in [0.2, 0.25) is 0 Å². The van der Waals surface area contributed by atoms with Gasteiger partial charge in [0.2, 0.25) is 0 Å². The Balaban J connectivity index is 1.51. The lowest BCUT2D eigenvalue weighted by Gasteiger charge is -2.17. The van der Waals surface area contributed by atoms with Crippen LogP contribution in [0.5, 0.6) is 0 Å². The molecule has 27 heavy (non-hydrogen) atoms. The smallest absolute Gasteiger partial charge is 0.191 e. The van der Waals surface area contributed by atoms with Gasteiger partial charge in [-0.15, -0.1) is 11.3 Å². The minimum atomic E-state index is 0.321. The predicted octanol–water partition coefficient (Wildman–Crippen LogP) is 3.60. The van der Waals surface area contributed by atoms with E-state index in [0.29, 0.717) is 6.04 Å². The summed E-state index contributed by atoms with van der Waals surface area (Å²) in [4.78, 5) is 11.2. The van der Waals surface area contributed by atoms with Crippen molar-refractivity contribution >= 4 is 17.3 Å². The standard InChI is InChI=1S/C21H27N5S/c1-16(11-20-8-7-17(2)27-20)25-21(22-3)24-13-18-5-4-6-19(12-18)14-26-10-9-23-15-26/h4-10,12,15-16H,11,13-14H2,1-3H3,(H2,22,24,25). The molecule has 1 atom stereocenters. The van der Waals surface area contributed by atoms with E-state index in [1.165, 1.54) is 20.9 Å². The molecule has 3 rings (SSSR count). The zero-order chi connectivity index (χ0) is 19.1. The van der Waals surface area contributed by atoms with E-state index in [0.717, 1.165) is 25.5 Å².